The number of carbonyl (C=O) groups excluding carboxylic acids is 2. The highest BCUT2D eigenvalue weighted by Gasteiger charge is 2.47. The molecule has 3 saturated carbocycles. The number of hydrogen-bond acceptors (Lipinski definition) is 7. The van der Waals surface area contributed by atoms with Crippen molar-refractivity contribution in [2.75, 3.05) is 20.2 Å². The third-order valence-electron chi connectivity index (χ3n) is 14.3. The number of quaternary nitrogens is 2. The summed E-state index contributed by atoms with van der Waals surface area (Å²) < 4.78 is 5.65. The van der Waals surface area contributed by atoms with E-state index < -0.39 is 24.2 Å². The molecule has 4 aliphatic carbocycles. The van der Waals surface area contributed by atoms with Crippen LogP contribution in [0.25, 0.3) is 0 Å². The number of fused-ring (bicyclic) bond motifs is 4. The molecule has 0 aromatic carbocycles. The number of aliphatic hydroxyl groups is 3. The van der Waals surface area contributed by atoms with Gasteiger partial charge in [0.1, 0.15) is 23.7 Å². The van der Waals surface area contributed by atoms with Gasteiger partial charge in [-0.25, -0.2) is 0 Å². The van der Waals surface area contributed by atoms with E-state index in [0.717, 1.165) is 83.2 Å². The Morgan fingerprint density at radius 2 is 1.63 bits per heavy atom. The van der Waals surface area contributed by atoms with Crippen LogP contribution < -0.4 is 16.4 Å². The van der Waals surface area contributed by atoms with Gasteiger partial charge in [0, 0.05) is 44.1 Å². The standard InChI is InChI=1S/C40H65N3O6/c1-49-39-20-27-7-15-37(47)33(36(46)14-4-24-3-11-31-28(18-24)23-43-35-21-30(45)10-13-32(31)35)12-6-26(34(27)22-38(39)48)5-9-29(44)8-2-25-16-17-42-40(41)19-25/h24-29,31-36,38-40,42-44,46,48H,2-5,7-11,13-23,41H2,1H3/p+2/t24-,25?,26+,27?,28-,29+,31+,32-,33+,34?,35+,36+,38?,39?,40?/m0/s1. The fourth-order valence-electron chi connectivity index (χ4n) is 11.4. The molecule has 9 N–H and O–H groups in total. The first kappa shape index (κ1) is 37.4. The average Bonchev–Trinajstić information content (AvgIpc) is 3.16. The predicted molar refractivity (Wildman–Crippen MR) is 186 cm³/mol. The highest BCUT2D eigenvalue weighted by atomic mass is 16.5. The number of carbonyl (C=O) groups is 2. The van der Waals surface area contributed by atoms with Crippen LogP contribution in [0.4, 0.5) is 0 Å². The molecule has 49 heavy (non-hydrogen) atoms. The lowest BCUT2D eigenvalue weighted by molar-refractivity contribution is -0.715. The Bertz CT molecular complexity index is 1170. The number of ketones is 2. The van der Waals surface area contributed by atoms with Crippen molar-refractivity contribution in [1.82, 2.24) is 0 Å². The molecule has 276 valence electrons. The van der Waals surface area contributed by atoms with Crippen molar-refractivity contribution in [2.45, 2.75) is 152 Å². The van der Waals surface area contributed by atoms with Crippen LogP contribution in [0.5, 0.6) is 0 Å². The van der Waals surface area contributed by atoms with Crippen molar-refractivity contribution in [3.05, 3.63) is 0 Å². The maximum atomic E-state index is 13.7. The van der Waals surface area contributed by atoms with E-state index in [1.807, 2.05) is 0 Å². The van der Waals surface area contributed by atoms with E-state index in [4.69, 9.17) is 10.5 Å². The van der Waals surface area contributed by atoms with Crippen LogP contribution in [-0.4, -0.2) is 83.7 Å². The molecule has 0 radical (unpaired) electrons. The predicted octanol–water partition coefficient (Wildman–Crippen LogP) is 1.66. The second-order valence-corrected chi connectivity index (χ2v) is 17.3. The van der Waals surface area contributed by atoms with Gasteiger partial charge >= 0.3 is 0 Å². The van der Waals surface area contributed by atoms with E-state index in [1.165, 1.54) is 19.3 Å². The van der Waals surface area contributed by atoms with Gasteiger partial charge < -0.3 is 30.7 Å². The van der Waals surface area contributed by atoms with Gasteiger partial charge in [-0.15, -0.1) is 0 Å². The van der Waals surface area contributed by atoms with Crippen LogP contribution in [-0.2, 0) is 14.3 Å². The Labute approximate surface area is 294 Å². The lowest BCUT2D eigenvalue weighted by Gasteiger charge is -2.47. The first-order chi connectivity index (χ1) is 23.7. The fraction of sp³-hybridized carbons (Fsp3) is 0.900. The second kappa shape index (κ2) is 17.4. The molecule has 6 rings (SSSR count). The lowest BCUT2D eigenvalue weighted by Crippen LogP contribution is -2.96. The van der Waals surface area contributed by atoms with Gasteiger partial charge in [-0.2, -0.15) is 0 Å². The zero-order chi connectivity index (χ0) is 34.5. The molecule has 0 aromatic rings. The summed E-state index contributed by atoms with van der Waals surface area (Å²) in [7, 11) is 1.65. The molecule has 0 amide bonds. The summed E-state index contributed by atoms with van der Waals surface area (Å²) in [5.41, 5.74) is 6.15. The Morgan fingerprint density at radius 3 is 2.45 bits per heavy atom. The summed E-state index contributed by atoms with van der Waals surface area (Å²) in [4.78, 5) is 25.7. The number of rotatable bonds is 11. The fourth-order valence-corrected chi connectivity index (χ4v) is 11.4. The molecule has 15 atom stereocenters. The molecule has 0 spiro atoms. The number of nitrogens with two attached hydrogens (primary N) is 3. The van der Waals surface area contributed by atoms with E-state index in [2.05, 4.69) is 22.5 Å². The Kier molecular flexibility index (Phi) is 13.3. The Balaban J connectivity index is 1.06. The number of methoxy groups -OCH3 is 1. The number of Topliss-reactive ketones (excluding diaryl/α,β-unsaturated/α-hetero) is 2. The van der Waals surface area contributed by atoms with E-state index in [1.54, 1.807) is 7.11 Å². The topological polar surface area (TPSA) is 163 Å². The summed E-state index contributed by atoms with van der Waals surface area (Å²) in [5.74, 6) is 10.2. The molecule has 9 nitrogen and oxygen atoms in total. The van der Waals surface area contributed by atoms with Crippen LogP contribution in [0, 0.1) is 65.1 Å². The number of hydrogen-bond donors (Lipinski definition) is 6. The number of aliphatic hydroxyl groups excluding tert-OH is 3. The van der Waals surface area contributed by atoms with Crippen molar-refractivity contribution < 1.29 is 40.3 Å². The van der Waals surface area contributed by atoms with Crippen LogP contribution >= 0.6 is 0 Å². The van der Waals surface area contributed by atoms with Crippen LogP contribution in [0.3, 0.4) is 0 Å². The SMILES string of the molecule is COC1CC2CCC(=O)[C@@H]([C@H](O)CC[C@@H]3CC[C@@H]4[C@H](C[NH2+][C@@H]5CC(=O)CC[C@@H]45)C3)C#C[C@@H](CC[C@H](O)CCC3CC[NH2+]C(N)C3)C2CC1O. The minimum absolute atomic E-state index is 0.0397. The van der Waals surface area contributed by atoms with E-state index in [0.29, 0.717) is 67.6 Å². The third kappa shape index (κ3) is 9.54. The van der Waals surface area contributed by atoms with Crippen molar-refractivity contribution in [3.63, 3.8) is 0 Å². The van der Waals surface area contributed by atoms with Crippen molar-refractivity contribution in [3.8, 4) is 11.8 Å². The average molecular weight is 686 g/mol. The van der Waals surface area contributed by atoms with Gasteiger partial charge in [0.25, 0.3) is 0 Å². The van der Waals surface area contributed by atoms with E-state index >= 15 is 0 Å². The third-order valence-corrected chi connectivity index (χ3v) is 14.3. The zero-order valence-electron chi connectivity index (χ0n) is 30.1. The van der Waals surface area contributed by atoms with Gasteiger partial charge in [-0.1, -0.05) is 18.3 Å². The first-order valence-corrected chi connectivity index (χ1v) is 20.2. The Morgan fingerprint density at radius 1 is 0.837 bits per heavy atom. The molecule has 6 aliphatic rings. The van der Waals surface area contributed by atoms with Gasteiger partial charge in [-0.05, 0) is 113 Å². The molecule has 6 unspecified atom stereocenters. The monoisotopic (exact) mass is 686 g/mol. The second-order valence-electron chi connectivity index (χ2n) is 17.3. The van der Waals surface area contributed by atoms with Crippen molar-refractivity contribution in [1.29, 1.82) is 0 Å². The quantitative estimate of drug-likeness (QED) is 0.180. The van der Waals surface area contributed by atoms with Gasteiger partial charge in [-0.3, -0.25) is 15.3 Å². The molecular formula is C40H67N3O6+2. The number of piperidine rings is 2. The smallest absolute Gasteiger partial charge is 0.150 e. The van der Waals surface area contributed by atoms with Gasteiger partial charge in [0.05, 0.1) is 50.0 Å². The molecule has 2 aliphatic heterocycles. The first-order valence-electron chi connectivity index (χ1n) is 20.2. The largest absolute Gasteiger partial charge is 0.393 e. The highest BCUT2D eigenvalue weighted by molar-refractivity contribution is 5.84. The zero-order valence-corrected chi connectivity index (χ0v) is 30.1. The normalized spacial score (nSPS) is 42.6. The summed E-state index contributed by atoms with van der Waals surface area (Å²) in [6.07, 6.45) is 13.6. The van der Waals surface area contributed by atoms with Gasteiger partial charge in [0.2, 0.25) is 0 Å². The molecule has 0 aromatic heterocycles. The minimum atomic E-state index is -0.771. The Hall–Kier alpha value is -1.38. The van der Waals surface area contributed by atoms with E-state index in [-0.39, 0.29) is 35.8 Å². The van der Waals surface area contributed by atoms with Crippen LogP contribution in [0.1, 0.15) is 116 Å². The summed E-state index contributed by atoms with van der Waals surface area (Å²) >= 11 is 0. The summed E-state index contributed by atoms with van der Waals surface area (Å²) in [5, 5.41) is 38.2. The maximum Gasteiger partial charge on any atom is 0.150 e. The lowest BCUT2D eigenvalue weighted by atomic mass is 9.61. The maximum absolute atomic E-state index is 13.7. The van der Waals surface area contributed by atoms with Crippen molar-refractivity contribution >= 4 is 11.6 Å². The summed E-state index contributed by atoms with van der Waals surface area (Å²) in [6.45, 7) is 2.18. The van der Waals surface area contributed by atoms with E-state index in [9.17, 15) is 24.9 Å². The highest BCUT2D eigenvalue weighted by Crippen LogP contribution is 2.45. The minimum Gasteiger partial charge on any atom is -0.393 e. The van der Waals surface area contributed by atoms with Crippen LogP contribution in [0.2, 0.25) is 0 Å². The van der Waals surface area contributed by atoms with Crippen molar-refractivity contribution in [2.24, 2.45) is 59.0 Å². The molecule has 5 fully saturated rings. The molecule has 2 saturated heterocycles. The molecular weight excluding hydrogens is 618 g/mol. The number of ether oxygens (including phenoxy) is 1. The van der Waals surface area contributed by atoms with Crippen LogP contribution in [0.15, 0.2) is 0 Å². The summed E-state index contributed by atoms with van der Waals surface area (Å²) in [6, 6.07) is 0.494. The molecule has 9 heteroatoms. The molecule has 0 bridgehead atoms. The van der Waals surface area contributed by atoms with Gasteiger partial charge in [0.15, 0.2) is 0 Å². The molecule has 2 heterocycles.